The molecule has 0 spiro atoms. The molecule has 1 aliphatic heterocycles. The fraction of sp³-hybridized carbons (Fsp3) is 0.615. The Labute approximate surface area is 131 Å². The summed E-state index contributed by atoms with van der Waals surface area (Å²) in [5.41, 5.74) is 0.302. The van der Waals surface area contributed by atoms with Crippen molar-refractivity contribution < 1.29 is 9.53 Å². The molecule has 1 unspecified atom stereocenters. The first-order chi connectivity index (χ1) is 10.0. The minimum Gasteiger partial charge on any atom is -0.468 e. The van der Waals surface area contributed by atoms with Crippen molar-refractivity contribution in [3.05, 3.63) is 21.0 Å². The van der Waals surface area contributed by atoms with Crippen molar-refractivity contribution in [2.45, 2.75) is 25.4 Å². The van der Waals surface area contributed by atoms with Gasteiger partial charge < -0.3 is 15.0 Å². The third-order valence-electron chi connectivity index (χ3n) is 3.48. The summed E-state index contributed by atoms with van der Waals surface area (Å²) in [6, 6.07) is 0.290. The third-order valence-corrected chi connectivity index (χ3v) is 4.24. The van der Waals surface area contributed by atoms with Crippen molar-refractivity contribution >= 4 is 27.6 Å². The van der Waals surface area contributed by atoms with E-state index >= 15 is 0 Å². The number of likely N-dealkylation sites (tertiary alicyclic amines) is 1. The summed E-state index contributed by atoms with van der Waals surface area (Å²) in [6.45, 7) is 1.83. The van der Waals surface area contributed by atoms with Gasteiger partial charge in [0.05, 0.1) is 19.0 Å². The Kier molecular flexibility index (Phi) is 5.35. The molecule has 0 aromatic carbocycles. The number of carbonyl (C=O) groups is 1. The second-order valence-corrected chi connectivity index (χ2v) is 5.95. The summed E-state index contributed by atoms with van der Waals surface area (Å²) in [5, 5.41) is 7.34. The lowest BCUT2D eigenvalue weighted by Gasteiger charge is -2.31. The van der Waals surface area contributed by atoms with E-state index in [1.165, 1.54) is 7.11 Å². The highest BCUT2D eigenvalue weighted by Gasteiger charge is 2.19. The third kappa shape index (κ3) is 4.04. The van der Waals surface area contributed by atoms with E-state index in [9.17, 15) is 9.59 Å². The summed E-state index contributed by atoms with van der Waals surface area (Å²) in [6.07, 6.45) is 3.74. The summed E-state index contributed by atoms with van der Waals surface area (Å²) < 4.78 is 6.00. The van der Waals surface area contributed by atoms with Gasteiger partial charge >= 0.3 is 5.97 Å². The Morgan fingerprint density at radius 3 is 3.05 bits per heavy atom. The van der Waals surface area contributed by atoms with Crippen LogP contribution in [0.2, 0.25) is 0 Å². The van der Waals surface area contributed by atoms with Gasteiger partial charge in [0.2, 0.25) is 0 Å². The lowest BCUT2D eigenvalue weighted by atomic mass is 10.1. The van der Waals surface area contributed by atoms with Crippen molar-refractivity contribution in [2.24, 2.45) is 0 Å². The predicted octanol–water partition coefficient (Wildman–Crippen LogP) is 0.685. The van der Waals surface area contributed by atoms with Crippen LogP contribution in [0.15, 0.2) is 15.5 Å². The first-order valence-corrected chi connectivity index (χ1v) is 7.58. The van der Waals surface area contributed by atoms with Crippen molar-refractivity contribution in [3.8, 4) is 0 Å². The van der Waals surface area contributed by atoms with Crippen molar-refractivity contribution in [3.63, 3.8) is 0 Å². The van der Waals surface area contributed by atoms with Crippen LogP contribution in [0.25, 0.3) is 0 Å². The molecule has 1 atom stereocenters. The number of methoxy groups -OCH3 is 1. The SMILES string of the molecule is COC(=O)Cn1ncc(NC2CCCN(C)C2)c(Br)c1=O. The molecule has 0 radical (unpaired) electrons. The number of anilines is 1. The lowest BCUT2D eigenvalue weighted by Crippen LogP contribution is -2.40. The van der Waals surface area contributed by atoms with Crippen LogP contribution in [-0.4, -0.2) is 53.9 Å². The molecule has 1 fully saturated rings. The Balaban J connectivity index is 2.13. The molecule has 1 aromatic rings. The molecule has 1 aliphatic rings. The maximum atomic E-state index is 12.1. The molecule has 2 heterocycles. The predicted molar refractivity (Wildman–Crippen MR) is 82.4 cm³/mol. The zero-order valence-corrected chi connectivity index (χ0v) is 13.7. The van der Waals surface area contributed by atoms with Crippen LogP contribution in [0.3, 0.4) is 0 Å². The van der Waals surface area contributed by atoms with E-state index in [1.54, 1.807) is 6.20 Å². The van der Waals surface area contributed by atoms with E-state index in [2.05, 4.69) is 43.0 Å². The number of halogens is 1. The largest absolute Gasteiger partial charge is 0.468 e. The zero-order chi connectivity index (χ0) is 15.4. The standard InChI is InChI=1S/C13H19BrN4O3/c1-17-5-3-4-9(7-17)16-10-6-15-18(8-11(19)21-2)13(20)12(10)14/h6,9,16H,3-5,7-8H2,1-2H3. The zero-order valence-electron chi connectivity index (χ0n) is 12.1. The number of nitrogens with one attached hydrogen (secondary N) is 1. The van der Waals surface area contributed by atoms with Crippen LogP contribution in [0.1, 0.15) is 12.8 Å². The van der Waals surface area contributed by atoms with Gasteiger partial charge in [0.15, 0.2) is 0 Å². The van der Waals surface area contributed by atoms with E-state index in [0.717, 1.165) is 30.6 Å². The van der Waals surface area contributed by atoms with E-state index in [0.29, 0.717) is 10.2 Å². The molecule has 0 aliphatic carbocycles. The summed E-state index contributed by atoms with van der Waals surface area (Å²) in [7, 11) is 3.35. The van der Waals surface area contributed by atoms with Crippen LogP contribution >= 0.6 is 15.9 Å². The van der Waals surface area contributed by atoms with Crippen molar-refractivity contribution in [1.82, 2.24) is 14.7 Å². The molecule has 1 saturated heterocycles. The van der Waals surface area contributed by atoms with E-state index < -0.39 is 5.97 Å². The Bertz CT molecular complexity index is 575. The van der Waals surface area contributed by atoms with Gasteiger partial charge in [-0.3, -0.25) is 9.59 Å². The molecule has 7 nitrogen and oxygen atoms in total. The Morgan fingerprint density at radius 2 is 2.38 bits per heavy atom. The van der Waals surface area contributed by atoms with Crippen molar-refractivity contribution in [1.29, 1.82) is 0 Å². The van der Waals surface area contributed by atoms with E-state index in [1.807, 2.05) is 0 Å². The van der Waals surface area contributed by atoms with Gasteiger partial charge in [-0.2, -0.15) is 5.10 Å². The number of hydrogen-bond donors (Lipinski definition) is 1. The first-order valence-electron chi connectivity index (χ1n) is 6.78. The first kappa shape index (κ1) is 16.0. The van der Waals surface area contributed by atoms with E-state index in [4.69, 9.17) is 0 Å². The molecule has 1 aromatic heterocycles. The number of nitrogens with zero attached hydrogens (tertiary/aromatic N) is 3. The molecule has 1 N–H and O–H groups in total. The molecule has 116 valence electrons. The van der Waals surface area contributed by atoms with Gasteiger partial charge in [-0.05, 0) is 42.4 Å². The average Bonchev–Trinajstić information content (AvgIpc) is 2.47. The molecular weight excluding hydrogens is 340 g/mol. The van der Waals surface area contributed by atoms with Crippen LogP contribution in [0, 0.1) is 0 Å². The van der Waals surface area contributed by atoms with Crippen LogP contribution < -0.4 is 10.9 Å². The van der Waals surface area contributed by atoms with Crippen LogP contribution in [-0.2, 0) is 16.1 Å². The number of likely N-dealkylation sites (N-methyl/N-ethyl adjacent to an activating group) is 1. The van der Waals surface area contributed by atoms with Crippen LogP contribution in [0.5, 0.6) is 0 Å². The number of esters is 1. The van der Waals surface area contributed by atoms with Gasteiger partial charge in [0.1, 0.15) is 11.0 Å². The van der Waals surface area contributed by atoms with E-state index in [-0.39, 0.29) is 18.1 Å². The number of piperidine rings is 1. The summed E-state index contributed by atoms with van der Waals surface area (Å²) >= 11 is 3.28. The highest BCUT2D eigenvalue weighted by Crippen LogP contribution is 2.20. The molecule has 0 bridgehead atoms. The maximum Gasteiger partial charge on any atom is 0.327 e. The second kappa shape index (κ2) is 7.04. The van der Waals surface area contributed by atoms with Gasteiger partial charge in [-0.15, -0.1) is 0 Å². The number of ether oxygens (including phenoxy) is 1. The van der Waals surface area contributed by atoms with Crippen molar-refractivity contribution in [2.75, 3.05) is 32.6 Å². The number of aromatic nitrogens is 2. The Morgan fingerprint density at radius 1 is 1.62 bits per heavy atom. The summed E-state index contributed by atoms with van der Waals surface area (Å²) in [4.78, 5) is 25.6. The Hall–Kier alpha value is -1.41. The average molecular weight is 359 g/mol. The molecule has 8 heteroatoms. The fourth-order valence-corrected chi connectivity index (χ4v) is 2.79. The van der Waals surface area contributed by atoms with Gasteiger partial charge in [-0.1, -0.05) is 0 Å². The topological polar surface area (TPSA) is 76.5 Å². The molecule has 0 amide bonds. The minimum atomic E-state index is -0.508. The van der Waals surface area contributed by atoms with Gasteiger partial charge in [-0.25, -0.2) is 4.68 Å². The molecule has 0 saturated carbocycles. The summed E-state index contributed by atoms with van der Waals surface area (Å²) in [5.74, 6) is -0.508. The molecule has 2 rings (SSSR count). The second-order valence-electron chi connectivity index (χ2n) is 5.16. The fourth-order valence-electron chi connectivity index (χ4n) is 2.37. The van der Waals surface area contributed by atoms with Gasteiger partial charge in [0.25, 0.3) is 5.56 Å². The monoisotopic (exact) mass is 358 g/mol. The minimum absolute atomic E-state index is 0.194. The highest BCUT2D eigenvalue weighted by atomic mass is 79.9. The molecular formula is C13H19BrN4O3. The van der Waals surface area contributed by atoms with Gasteiger partial charge in [0, 0.05) is 12.6 Å². The number of carbonyl (C=O) groups excluding carboxylic acids is 1. The quantitative estimate of drug-likeness (QED) is 0.797. The number of rotatable bonds is 4. The highest BCUT2D eigenvalue weighted by molar-refractivity contribution is 9.10. The normalized spacial score (nSPS) is 19.3. The molecule has 21 heavy (non-hydrogen) atoms. The maximum absolute atomic E-state index is 12.1. The van der Waals surface area contributed by atoms with Crippen LogP contribution in [0.4, 0.5) is 5.69 Å². The lowest BCUT2D eigenvalue weighted by molar-refractivity contribution is -0.141. The number of hydrogen-bond acceptors (Lipinski definition) is 6. The smallest absolute Gasteiger partial charge is 0.327 e.